The number of fused-ring (bicyclic) bond motifs is 1. The zero-order valence-corrected chi connectivity index (χ0v) is 13.6. The van der Waals surface area contributed by atoms with Crippen LogP contribution in [-0.4, -0.2) is 54.5 Å². The zero-order chi connectivity index (χ0) is 15.7. The van der Waals surface area contributed by atoms with Gasteiger partial charge in [0.2, 0.25) is 5.76 Å². The van der Waals surface area contributed by atoms with E-state index in [4.69, 9.17) is 14.0 Å². The molecule has 22 heavy (non-hydrogen) atoms. The van der Waals surface area contributed by atoms with Crippen LogP contribution in [0.5, 0.6) is 0 Å². The third kappa shape index (κ3) is 3.03. The van der Waals surface area contributed by atoms with E-state index in [-0.39, 0.29) is 12.0 Å². The molecular weight excluding hydrogens is 284 g/mol. The van der Waals surface area contributed by atoms with Gasteiger partial charge in [-0.3, -0.25) is 4.79 Å². The lowest BCUT2D eigenvalue weighted by Crippen LogP contribution is -2.55. The Morgan fingerprint density at radius 1 is 1.41 bits per heavy atom. The number of hydrogen-bond acceptors (Lipinski definition) is 5. The summed E-state index contributed by atoms with van der Waals surface area (Å²) in [5, 5.41) is 4.09. The molecule has 0 radical (unpaired) electrons. The second-order valence-electron chi connectivity index (χ2n) is 6.78. The van der Waals surface area contributed by atoms with Gasteiger partial charge >= 0.3 is 0 Å². The molecule has 2 aliphatic rings. The van der Waals surface area contributed by atoms with Gasteiger partial charge in [-0.05, 0) is 39.5 Å². The maximum absolute atomic E-state index is 12.9. The summed E-state index contributed by atoms with van der Waals surface area (Å²) in [6, 6.07) is 0. The van der Waals surface area contributed by atoms with E-state index in [0.29, 0.717) is 25.5 Å². The molecule has 1 fully saturated rings. The second kappa shape index (κ2) is 6.01. The van der Waals surface area contributed by atoms with Crippen LogP contribution in [0, 0.1) is 0 Å². The average Bonchev–Trinajstić information content (AvgIpc) is 2.89. The van der Waals surface area contributed by atoms with E-state index >= 15 is 0 Å². The second-order valence-corrected chi connectivity index (χ2v) is 6.78. The van der Waals surface area contributed by atoms with Gasteiger partial charge in [-0.15, -0.1) is 0 Å². The Bertz CT molecular complexity index is 552. The third-order valence-electron chi connectivity index (χ3n) is 4.28. The number of nitrogens with zero attached hydrogens (tertiary/aromatic N) is 2. The minimum Gasteiger partial charge on any atom is -0.382 e. The maximum atomic E-state index is 12.9. The van der Waals surface area contributed by atoms with Crippen molar-refractivity contribution in [2.75, 3.05) is 26.8 Å². The van der Waals surface area contributed by atoms with Gasteiger partial charge in [-0.2, -0.15) is 0 Å². The van der Waals surface area contributed by atoms with Gasteiger partial charge in [0.15, 0.2) is 0 Å². The van der Waals surface area contributed by atoms with Crippen molar-refractivity contribution in [2.45, 2.75) is 51.2 Å². The number of carbonyl (C=O) groups is 1. The monoisotopic (exact) mass is 308 g/mol. The van der Waals surface area contributed by atoms with Gasteiger partial charge in [0, 0.05) is 25.8 Å². The number of aryl methyl sites for hydroxylation is 1. The first-order chi connectivity index (χ1) is 10.5. The highest BCUT2D eigenvalue weighted by atomic mass is 16.5. The van der Waals surface area contributed by atoms with E-state index in [1.807, 2.05) is 18.7 Å². The number of amides is 1. The van der Waals surface area contributed by atoms with Gasteiger partial charge in [-0.1, -0.05) is 5.16 Å². The third-order valence-corrected chi connectivity index (χ3v) is 4.28. The molecule has 1 aromatic heterocycles. The van der Waals surface area contributed by atoms with Gasteiger partial charge in [0.05, 0.1) is 24.0 Å². The molecule has 1 aliphatic heterocycles. The summed E-state index contributed by atoms with van der Waals surface area (Å²) < 4.78 is 16.5. The molecule has 6 nitrogen and oxygen atoms in total. The summed E-state index contributed by atoms with van der Waals surface area (Å²) in [4.78, 5) is 14.7. The molecular formula is C16H24N2O4. The molecule has 1 amide bonds. The zero-order valence-electron chi connectivity index (χ0n) is 13.6. The Morgan fingerprint density at radius 2 is 2.18 bits per heavy atom. The number of hydrogen-bond donors (Lipinski definition) is 0. The number of ether oxygens (including phenoxy) is 2. The lowest BCUT2D eigenvalue weighted by molar-refractivity contribution is -0.143. The lowest BCUT2D eigenvalue weighted by atomic mass is 9.95. The molecule has 1 aromatic rings. The smallest absolute Gasteiger partial charge is 0.292 e. The summed E-state index contributed by atoms with van der Waals surface area (Å²) >= 11 is 0. The molecule has 0 aromatic carbocycles. The molecule has 0 bridgehead atoms. The maximum Gasteiger partial charge on any atom is 0.292 e. The minimum absolute atomic E-state index is 0.0758. The highest BCUT2D eigenvalue weighted by Crippen LogP contribution is 2.27. The fourth-order valence-corrected chi connectivity index (χ4v) is 3.43. The predicted octanol–water partition coefficient (Wildman–Crippen LogP) is 1.82. The molecule has 3 rings (SSSR count). The first-order valence-electron chi connectivity index (χ1n) is 7.93. The van der Waals surface area contributed by atoms with E-state index < -0.39 is 5.60 Å². The fourth-order valence-electron chi connectivity index (χ4n) is 3.43. The van der Waals surface area contributed by atoms with E-state index in [0.717, 1.165) is 36.9 Å². The Balaban J connectivity index is 1.80. The first kappa shape index (κ1) is 15.5. The van der Waals surface area contributed by atoms with Crippen LogP contribution in [0.15, 0.2) is 4.52 Å². The molecule has 0 N–H and O–H groups in total. The van der Waals surface area contributed by atoms with Gasteiger partial charge in [0.25, 0.3) is 5.91 Å². The van der Waals surface area contributed by atoms with Crippen molar-refractivity contribution in [3.8, 4) is 0 Å². The summed E-state index contributed by atoms with van der Waals surface area (Å²) in [6.45, 7) is 5.52. The van der Waals surface area contributed by atoms with Crippen LogP contribution in [0.3, 0.4) is 0 Å². The molecule has 0 saturated carbocycles. The van der Waals surface area contributed by atoms with Crippen molar-refractivity contribution < 1.29 is 18.8 Å². The summed E-state index contributed by atoms with van der Waals surface area (Å²) in [5.41, 5.74) is 1.57. The van der Waals surface area contributed by atoms with E-state index in [2.05, 4.69) is 5.16 Å². The largest absolute Gasteiger partial charge is 0.382 e. The quantitative estimate of drug-likeness (QED) is 0.852. The molecule has 6 heteroatoms. The number of rotatable bonds is 3. The van der Waals surface area contributed by atoms with Crippen molar-refractivity contribution in [1.82, 2.24) is 10.1 Å². The average molecular weight is 308 g/mol. The van der Waals surface area contributed by atoms with Crippen molar-refractivity contribution in [1.29, 1.82) is 0 Å². The summed E-state index contributed by atoms with van der Waals surface area (Å²) in [6.07, 6.45) is 3.89. The molecule has 0 spiro atoms. The van der Waals surface area contributed by atoms with Crippen molar-refractivity contribution >= 4 is 5.91 Å². The molecule has 1 atom stereocenters. The van der Waals surface area contributed by atoms with Crippen LogP contribution < -0.4 is 0 Å². The van der Waals surface area contributed by atoms with Crippen molar-refractivity contribution in [3.63, 3.8) is 0 Å². The van der Waals surface area contributed by atoms with E-state index in [9.17, 15) is 4.79 Å². The molecule has 1 unspecified atom stereocenters. The predicted molar refractivity (Wildman–Crippen MR) is 79.9 cm³/mol. The van der Waals surface area contributed by atoms with E-state index in [1.54, 1.807) is 7.11 Å². The van der Waals surface area contributed by atoms with E-state index in [1.165, 1.54) is 0 Å². The normalized spacial score (nSPS) is 24.1. The first-order valence-corrected chi connectivity index (χ1v) is 7.93. The lowest BCUT2D eigenvalue weighted by Gasteiger charge is -2.42. The van der Waals surface area contributed by atoms with Crippen LogP contribution in [0.1, 0.15) is 48.5 Å². The minimum atomic E-state index is -0.392. The van der Waals surface area contributed by atoms with Crippen LogP contribution in [0.2, 0.25) is 0 Å². The summed E-state index contributed by atoms with van der Waals surface area (Å²) in [5.74, 6) is 0.344. The van der Waals surface area contributed by atoms with Crippen molar-refractivity contribution in [2.24, 2.45) is 0 Å². The van der Waals surface area contributed by atoms with Gasteiger partial charge in [-0.25, -0.2) is 0 Å². The van der Waals surface area contributed by atoms with Gasteiger partial charge in [0.1, 0.15) is 0 Å². The Kier molecular flexibility index (Phi) is 4.23. The van der Waals surface area contributed by atoms with Crippen LogP contribution in [-0.2, 0) is 22.3 Å². The number of aromatic nitrogens is 1. The Morgan fingerprint density at radius 3 is 2.95 bits per heavy atom. The fraction of sp³-hybridized carbons (Fsp3) is 0.750. The highest BCUT2D eigenvalue weighted by Gasteiger charge is 2.38. The van der Waals surface area contributed by atoms with Crippen LogP contribution >= 0.6 is 0 Å². The Hall–Kier alpha value is -1.40. The molecule has 122 valence electrons. The number of morpholine rings is 1. The molecule has 1 aliphatic carbocycles. The van der Waals surface area contributed by atoms with Crippen LogP contribution in [0.25, 0.3) is 0 Å². The number of methoxy groups -OCH3 is 1. The van der Waals surface area contributed by atoms with Gasteiger partial charge < -0.3 is 18.9 Å². The Labute approximate surface area is 130 Å². The number of carbonyl (C=O) groups excluding carboxylic acids is 1. The summed E-state index contributed by atoms with van der Waals surface area (Å²) in [7, 11) is 1.64. The SMILES string of the molecule is COCC1CN(C(=O)c2onc3c2CCCC3)CC(C)(C)O1. The molecule has 1 saturated heterocycles. The van der Waals surface area contributed by atoms with Crippen LogP contribution in [0.4, 0.5) is 0 Å². The molecule has 2 heterocycles. The highest BCUT2D eigenvalue weighted by molar-refractivity contribution is 5.93. The topological polar surface area (TPSA) is 64.8 Å². The van der Waals surface area contributed by atoms with Crippen molar-refractivity contribution in [3.05, 3.63) is 17.0 Å². The standard InChI is InChI=1S/C16H24N2O4/c1-16(2)10-18(8-11(21-16)9-20-3)15(19)14-12-6-4-5-7-13(12)17-22-14/h11H,4-10H2,1-3H3.